The van der Waals surface area contributed by atoms with E-state index in [2.05, 4.69) is 26.4 Å². The van der Waals surface area contributed by atoms with Crippen molar-refractivity contribution in [1.29, 1.82) is 5.26 Å². The predicted molar refractivity (Wildman–Crippen MR) is 160 cm³/mol. The summed E-state index contributed by atoms with van der Waals surface area (Å²) in [6.45, 7) is 6.37. The van der Waals surface area contributed by atoms with Crippen LogP contribution < -0.4 is 21.5 Å². The fourth-order valence-corrected chi connectivity index (χ4v) is 6.27. The Morgan fingerprint density at radius 3 is 2.59 bits per heavy atom. The minimum Gasteiger partial charge on any atom is -0.395 e. The van der Waals surface area contributed by atoms with Crippen molar-refractivity contribution in [2.45, 2.75) is 31.4 Å². The average molecular weight is 580 g/mol. The Morgan fingerprint density at radius 1 is 1.10 bits per heavy atom. The highest BCUT2D eigenvalue weighted by Gasteiger charge is 2.38. The van der Waals surface area contributed by atoms with Gasteiger partial charge in [-0.05, 0) is 74.3 Å². The minimum absolute atomic E-state index is 0.0694. The van der Waals surface area contributed by atoms with Crippen molar-refractivity contribution in [3.63, 3.8) is 0 Å². The lowest BCUT2D eigenvalue weighted by atomic mass is 10.1. The van der Waals surface area contributed by atoms with Crippen molar-refractivity contribution in [1.82, 2.24) is 26.0 Å². The molecule has 2 aliphatic heterocycles. The minimum atomic E-state index is -0.646. The molecular formula is C29H37N7O4S. The summed E-state index contributed by atoms with van der Waals surface area (Å²) in [5.41, 5.74) is 6.31. The number of amides is 3. The number of carbonyl (C=O) groups is 3. The van der Waals surface area contributed by atoms with Gasteiger partial charge in [-0.15, -0.1) is 0 Å². The Bertz CT molecular complexity index is 1340. The van der Waals surface area contributed by atoms with Gasteiger partial charge in [0.05, 0.1) is 11.9 Å². The molecule has 3 amide bonds. The molecule has 12 heteroatoms. The number of thioether (sulfide) groups is 1. The first-order valence-electron chi connectivity index (χ1n) is 14.0. The molecule has 11 nitrogen and oxygen atoms in total. The summed E-state index contributed by atoms with van der Waals surface area (Å²) in [6, 6.07) is 13.5. The number of carbonyl (C=O) groups excluding carboxylic acids is 3. The van der Waals surface area contributed by atoms with E-state index < -0.39 is 11.2 Å². The summed E-state index contributed by atoms with van der Waals surface area (Å²) in [5.74, 6) is -0.852. The number of aliphatic hydroxyl groups is 1. The van der Waals surface area contributed by atoms with Crippen molar-refractivity contribution in [3.8, 4) is 6.07 Å². The summed E-state index contributed by atoms with van der Waals surface area (Å²) in [4.78, 5) is 41.9. The van der Waals surface area contributed by atoms with Crippen LogP contribution in [0.4, 0.5) is 5.69 Å². The smallest absolute Gasteiger partial charge is 0.278 e. The number of nitrogens with zero attached hydrogens (tertiary/aromatic N) is 3. The SMILES string of the molecule is CCN1C(=O)[C@@H](CCNc2ccc3cc(C(=O)NCCN4CCCC4)ccc3c2)S/C1=C(/C#N)C(=O)NNCCO. The van der Waals surface area contributed by atoms with E-state index in [1.807, 2.05) is 42.5 Å². The van der Waals surface area contributed by atoms with Crippen molar-refractivity contribution >= 4 is 45.9 Å². The van der Waals surface area contributed by atoms with Crippen molar-refractivity contribution in [2.24, 2.45) is 0 Å². The summed E-state index contributed by atoms with van der Waals surface area (Å²) in [6.07, 6.45) is 2.97. The van der Waals surface area contributed by atoms with Gasteiger partial charge in [0.15, 0.2) is 0 Å². The molecule has 0 saturated carbocycles. The molecule has 218 valence electrons. The first-order valence-corrected chi connectivity index (χ1v) is 14.9. The fourth-order valence-electron chi connectivity index (χ4n) is 4.94. The van der Waals surface area contributed by atoms with Crippen LogP contribution in [0.1, 0.15) is 36.5 Å². The zero-order valence-electron chi connectivity index (χ0n) is 23.2. The monoisotopic (exact) mass is 579 g/mol. The Kier molecular flexibility index (Phi) is 11.0. The number of nitriles is 1. The maximum Gasteiger partial charge on any atom is 0.278 e. The molecule has 0 radical (unpaired) electrons. The molecule has 5 N–H and O–H groups in total. The van der Waals surface area contributed by atoms with Gasteiger partial charge in [0.25, 0.3) is 11.8 Å². The van der Waals surface area contributed by atoms with Gasteiger partial charge in [-0.3, -0.25) is 19.8 Å². The molecule has 0 unspecified atom stereocenters. The lowest BCUT2D eigenvalue weighted by molar-refractivity contribution is -0.127. The summed E-state index contributed by atoms with van der Waals surface area (Å²) < 4.78 is 0. The number of fused-ring (bicyclic) bond motifs is 1. The third kappa shape index (κ3) is 7.77. The highest BCUT2D eigenvalue weighted by Crippen LogP contribution is 2.38. The number of anilines is 1. The van der Waals surface area contributed by atoms with Crippen molar-refractivity contribution in [3.05, 3.63) is 52.6 Å². The van der Waals surface area contributed by atoms with Crippen LogP contribution in [-0.2, 0) is 9.59 Å². The van der Waals surface area contributed by atoms with Crippen LogP contribution >= 0.6 is 11.8 Å². The molecule has 2 aliphatic rings. The van der Waals surface area contributed by atoms with E-state index in [9.17, 15) is 19.6 Å². The molecule has 0 aromatic heterocycles. The van der Waals surface area contributed by atoms with Crippen LogP contribution in [0, 0.1) is 11.3 Å². The normalized spacial score (nSPS) is 18.4. The Morgan fingerprint density at radius 2 is 1.85 bits per heavy atom. The number of rotatable bonds is 13. The summed E-state index contributed by atoms with van der Waals surface area (Å²) in [5, 5.41) is 26.7. The molecule has 2 saturated heterocycles. The zero-order valence-corrected chi connectivity index (χ0v) is 24.1. The van der Waals surface area contributed by atoms with Crippen LogP contribution in [0.3, 0.4) is 0 Å². The first kappa shape index (κ1) is 30.3. The number of aliphatic hydroxyl groups excluding tert-OH is 1. The van der Waals surface area contributed by atoms with E-state index in [-0.39, 0.29) is 30.5 Å². The van der Waals surface area contributed by atoms with E-state index >= 15 is 0 Å². The van der Waals surface area contributed by atoms with Crippen molar-refractivity contribution < 1.29 is 19.5 Å². The van der Waals surface area contributed by atoms with Gasteiger partial charge in [-0.25, -0.2) is 5.43 Å². The number of hydrogen-bond acceptors (Lipinski definition) is 9. The number of nitrogens with one attached hydrogen (secondary N) is 4. The molecule has 2 fully saturated rings. The quantitative estimate of drug-likeness (QED) is 0.104. The second-order valence-electron chi connectivity index (χ2n) is 9.88. The van der Waals surface area contributed by atoms with Gasteiger partial charge in [0.2, 0.25) is 5.91 Å². The largest absolute Gasteiger partial charge is 0.395 e. The molecule has 2 aromatic carbocycles. The molecule has 41 heavy (non-hydrogen) atoms. The molecule has 2 heterocycles. The zero-order chi connectivity index (χ0) is 29.2. The fraction of sp³-hybridized carbons (Fsp3) is 0.448. The third-order valence-corrected chi connectivity index (χ3v) is 8.47. The third-order valence-electron chi connectivity index (χ3n) is 7.10. The second-order valence-corrected chi connectivity index (χ2v) is 11.1. The van der Waals surface area contributed by atoms with Gasteiger partial charge in [-0.1, -0.05) is 23.9 Å². The van der Waals surface area contributed by atoms with Gasteiger partial charge < -0.3 is 25.5 Å². The number of hydrazine groups is 1. The average Bonchev–Trinajstić information content (AvgIpc) is 3.61. The summed E-state index contributed by atoms with van der Waals surface area (Å²) >= 11 is 1.22. The standard InChI is InChI=1S/C29H37N7O4S/c1-2-36-28(40)25(41-29(36)24(19-30)27(39)34-33-12-16-37)9-10-31-23-8-7-20-17-22(6-5-21(20)18-23)26(38)32-11-15-35-13-3-4-14-35/h5-8,17-18,25,31,33,37H,2-4,9-16H2,1H3,(H,32,38)(H,34,39)/b29-24-/t25-/m1/s1. The number of hydrogen-bond donors (Lipinski definition) is 5. The van der Waals surface area contributed by atoms with E-state index in [0.29, 0.717) is 36.6 Å². The van der Waals surface area contributed by atoms with Crippen LogP contribution in [0.15, 0.2) is 47.0 Å². The van der Waals surface area contributed by atoms with Crippen LogP contribution in [-0.4, -0.2) is 90.3 Å². The summed E-state index contributed by atoms with van der Waals surface area (Å²) in [7, 11) is 0. The van der Waals surface area contributed by atoms with Gasteiger partial charge in [0.1, 0.15) is 16.7 Å². The Hall–Kier alpha value is -3.63. The second kappa shape index (κ2) is 14.8. The number of likely N-dealkylation sites (tertiary alicyclic amines) is 1. The van der Waals surface area contributed by atoms with Crippen LogP contribution in [0.25, 0.3) is 10.8 Å². The molecule has 0 aliphatic carbocycles. The maximum atomic E-state index is 13.0. The molecule has 2 aromatic rings. The highest BCUT2D eigenvalue weighted by atomic mass is 32.2. The van der Waals surface area contributed by atoms with Crippen LogP contribution in [0.2, 0.25) is 0 Å². The maximum absolute atomic E-state index is 13.0. The van der Waals surface area contributed by atoms with Gasteiger partial charge in [-0.2, -0.15) is 5.26 Å². The molecule has 4 rings (SSSR count). The van der Waals surface area contributed by atoms with E-state index in [0.717, 1.165) is 36.1 Å². The Balaban J connectivity index is 1.32. The molecular weight excluding hydrogens is 542 g/mol. The Labute approximate surface area is 244 Å². The highest BCUT2D eigenvalue weighted by molar-refractivity contribution is 8.04. The first-order chi connectivity index (χ1) is 19.9. The topological polar surface area (TPSA) is 150 Å². The van der Waals surface area contributed by atoms with Crippen LogP contribution in [0.5, 0.6) is 0 Å². The van der Waals surface area contributed by atoms with E-state index in [4.69, 9.17) is 5.11 Å². The predicted octanol–water partition coefficient (Wildman–Crippen LogP) is 1.78. The van der Waals surface area contributed by atoms with Crippen molar-refractivity contribution in [2.75, 3.05) is 57.7 Å². The van der Waals surface area contributed by atoms with E-state index in [1.165, 1.54) is 29.5 Å². The molecule has 0 bridgehead atoms. The van der Waals surface area contributed by atoms with Gasteiger partial charge in [0, 0.05) is 44.0 Å². The van der Waals surface area contributed by atoms with E-state index in [1.54, 1.807) is 6.92 Å². The molecule has 0 spiro atoms. The van der Waals surface area contributed by atoms with Gasteiger partial charge >= 0.3 is 0 Å². The molecule has 1 atom stereocenters. The number of benzene rings is 2. The lowest BCUT2D eigenvalue weighted by Gasteiger charge is -2.16. The lowest BCUT2D eigenvalue weighted by Crippen LogP contribution is -2.40.